The predicted molar refractivity (Wildman–Crippen MR) is 188 cm³/mol. The van der Waals surface area contributed by atoms with Gasteiger partial charge in [0.25, 0.3) is 0 Å². The Hall–Kier alpha value is -0.540. The van der Waals surface area contributed by atoms with Crippen molar-refractivity contribution in [3.05, 3.63) is 12.7 Å². The topological polar surface area (TPSA) is 137 Å². The number of unbranched alkanes of at least 4 members (excludes halogenated alkanes) is 3. The van der Waals surface area contributed by atoms with Crippen LogP contribution < -0.4 is 0 Å². The van der Waals surface area contributed by atoms with E-state index in [9.17, 15) is 4.79 Å². The lowest BCUT2D eigenvalue weighted by Gasteiger charge is -2.09. The number of carbonyl (C=O) groups is 1. The number of hydrogen-bond donors (Lipinski definition) is 0. The molecule has 0 aromatic rings. The van der Waals surface area contributed by atoms with E-state index in [0.29, 0.717) is 152 Å². The van der Waals surface area contributed by atoms with E-state index in [4.69, 9.17) is 61.6 Å². The third kappa shape index (κ3) is 43.5. The molecule has 0 aliphatic rings. The van der Waals surface area contributed by atoms with E-state index in [1.165, 1.54) is 23.7 Å². The highest BCUT2D eigenvalue weighted by Crippen LogP contribution is 2.02. The summed E-state index contributed by atoms with van der Waals surface area (Å²) in [5.74, 6) is -0.459. The lowest BCUT2D eigenvalue weighted by atomic mass is 10.2. The third-order valence-electron chi connectivity index (χ3n) is 5.90. The Morgan fingerprint density at radius 1 is 0.354 bits per heavy atom. The lowest BCUT2D eigenvalue weighted by Crippen LogP contribution is -2.15. The number of alkyl halides is 1. The van der Waals surface area contributed by atoms with Crippen molar-refractivity contribution in [3.63, 3.8) is 0 Å². The maximum atomic E-state index is 10.8. The van der Waals surface area contributed by atoms with E-state index < -0.39 is 5.97 Å². The van der Waals surface area contributed by atoms with Crippen molar-refractivity contribution in [2.24, 2.45) is 0 Å². The summed E-state index contributed by atoms with van der Waals surface area (Å²) in [5.41, 5.74) is 0. The average molecular weight is 811 g/mol. The number of ether oxygens (including phenoxy) is 13. The number of carbonyl (C=O) groups excluding carboxylic acids is 1. The van der Waals surface area contributed by atoms with Gasteiger partial charge in [0.1, 0.15) is 6.61 Å². The molecule has 14 nitrogen and oxygen atoms in total. The first-order valence-corrected chi connectivity index (χ1v) is 18.6. The summed E-state index contributed by atoms with van der Waals surface area (Å²) in [6.45, 7) is 15.9. The smallest absolute Gasteiger partial charge is 0.330 e. The lowest BCUT2D eigenvalue weighted by molar-refractivity contribution is -0.139. The number of rotatable bonds is 43. The van der Waals surface area contributed by atoms with Gasteiger partial charge in [0.15, 0.2) is 0 Å². The molecule has 0 unspecified atom stereocenters. The Balaban J connectivity index is 3.05. The highest BCUT2D eigenvalue weighted by atomic mass is 127. The van der Waals surface area contributed by atoms with Crippen molar-refractivity contribution in [1.82, 2.24) is 0 Å². The molecule has 286 valence electrons. The molecular weight excluding hydrogens is 747 g/mol. The second-order valence-corrected chi connectivity index (χ2v) is 10.9. The maximum absolute atomic E-state index is 10.8. The van der Waals surface area contributed by atoms with Gasteiger partial charge in [0, 0.05) is 12.7 Å². The van der Waals surface area contributed by atoms with E-state index in [2.05, 4.69) is 29.2 Å². The Morgan fingerprint density at radius 2 is 0.583 bits per heavy atom. The molecular formula is C33H63IO14. The van der Waals surface area contributed by atoms with Crippen LogP contribution in [0.5, 0.6) is 0 Å². The second-order valence-electron chi connectivity index (χ2n) is 9.82. The van der Waals surface area contributed by atoms with Crippen LogP contribution in [0.15, 0.2) is 12.7 Å². The predicted octanol–water partition coefficient (Wildman–Crippen LogP) is 2.91. The minimum Gasteiger partial charge on any atom is -0.460 e. The van der Waals surface area contributed by atoms with E-state index in [1.807, 2.05) is 0 Å². The Kier molecular flexibility index (Phi) is 44.0. The quantitative estimate of drug-likeness (QED) is 0.0294. The molecule has 0 saturated carbocycles. The zero-order valence-electron chi connectivity index (χ0n) is 29.1. The van der Waals surface area contributed by atoms with Gasteiger partial charge in [0.05, 0.1) is 152 Å². The fourth-order valence-electron chi connectivity index (χ4n) is 3.43. The fourth-order valence-corrected chi connectivity index (χ4v) is 3.97. The SMILES string of the molecule is C=CC(=O)OCCOCCOCCOCCOCCOCCOCCOCCOCCOCCOCCOCCOCCCCCCI. The second kappa shape index (κ2) is 44.5. The summed E-state index contributed by atoms with van der Waals surface area (Å²) in [6.07, 6.45) is 6.08. The summed E-state index contributed by atoms with van der Waals surface area (Å²) >= 11 is 2.42. The molecule has 0 amide bonds. The van der Waals surface area contributed by atoms with Crippen molar-refractivity contribution in [1.29, 1.82) is 0 Å². The van der Waals surface area contributed by atoms with Crippen LogP contribution >= 0.6 is 22.6 Å². The average Bonchev–Trinajstić information content (AvgIpc) is 3.10. The van der Waals surface area contributed by atoms with Crippen LogP contribution in [0.4, 0.5) is 0 Å². The normalized spacial score (nSPS) is 11.4. The van der Waals surface area contributed by atoms with E-state index >= 15 is 0 Å². The van der Waals surface area contributed by atoms with Gasteiger partial charge in [-0.2, -0.15) is 0 Å². The summed E-state index contributed by atoms with van der Waals surface area (Å²) in [5, 5.41) is 0. The molecule has 0 heterocycles. The monoisotopic (exact) mass is 810 g/mol. The van der Waals surface area contributed by atoms with Crippen LogP contribution in [0.3, 0.4) is 0 Å². The molecule has 0 bridgehead atoms. The standard InChI is InChI=1S/C33H63IO14/c1-2-33(35)48-32-31-47-30-29-46-28-27-45-26-25-44-24-23-43-22-21-42-20-19-41-18-17-40-16-15-39-14-13-38-12-11-37-10-9-36-8-6-4-3-5-7-34/h2H,1,3-32H2. The molecule has 0 radical (unpaired) electrons. The molecule has 0 N–H and O–H groups in total. The number of halogens is 1. The van der Waals surface area contributed by atoms with Gasteiger partial charge in [-0.25, -0.2) is 4.79 Å². The highest BCUT2D eigenvalue weighted by Gasteiger charge is 1.98. The number of hydrogen-bond acceptors (Lipinski definition) is 14. The van der Waals surface area contributed by atoms with E-state index in [1.54, 1.807) is 0 Å². The van der Waals surface area contributed by atoms with Crippen molar-refractivity contribution in [3.8, 4) is 0 Å². The van der Waals surface area contributed by atoms with Crippen molar-refractivity contribution in [2.75, 3.05) is 170 Å². The van der Waals surface area contributed by atoms with Crippen LogP contribution in [0, 0.1) is 0 Å². The van der Waals surface area contributed by atoms with E-state index in [-0.39, 0.29) is 6.61 Å². The Labute approximate surface area is 302 Å². The highest BCUT2D eigenvalue weighted by molar-refractivity contribution is 14.1. The summed E-state index contributed by atoms with van der Waals surface area (Å²) in [4.78, 5) is 10.8. The van der Waals surface area contributed by atoms with E-state index in [0.717, 1.165) is 19.1 Å². The van der Waals surface area contributed by atoms with Crippen LogP contribution in [0.1, 0.15) is 25.7 Å². The molecule has 48 heavy (non-hydrogen) atoms. The molecule has 0 atom stereocenters. The zero-order chi connectivity index (χ0) is 34.7. The van der Waals surface area contributed by atoms with Gasteiger partial charge < -0.3 is 61.6 Å². The van der Waals surface area contributed by atoms with Crippen LogP contribution in [-0.2, 0) is 66.4 Å². The van der Waals surface area contributed by atoms with Crippen molar-refractivity contribution >= 4 is 28.6 Å². The molecule has 15 heteroatoms. The molecule has 0 fully saturated rings. The summed E-state index contributed by atoms with van der Waals surface area (Å²) in [6, 6.07) is 0. The Bertz CT molecular complexity index is 635. The molecule has 0 rings (SSSR count). The molecule has 0 aromatic carbocycles. The summed E-state index contributed by atoms with van der Waals surface area (Å²) < 4.78 is 71.5. The molecule has 0 spiro atoms. The largest absolute Gasteiger partial charge is 0.460 e. The van der Waals surface area contributed by atoms with Gasteiger partial charge in [0.2, 0.25) is 0 Å². The van der Waals surface area contributed by atoms with Crippen LogP contribution in [0.2, 0.25) is 0 Å². The minimum atomic E-state index is -0.459. The number of esters is 1. The van der Waals surface area contributed by atoms with Crippen LogP contribution in [0.25, 0.3) is 0 Å². The first kappa shape index (κ1) is 47.5. The van der Waals surface area contributed by atoms with Gasteiger partial charge in [-0.1, -0.05) is 42.0 Å². The Morgan fingerprint density at radius 3 is 0.833 bits per heavy atom. The minimum absolute atomic E-state index is 0.198. The first-order valence-electron chi connectivity index (χ1n) is 17.1. The molecule has 0 aliphatic carbocycles. The maximum Gasteiger partial charge on any atom is 0.330 e. The molecule has 0 aromatic heterocycles. The van der Waals surface area contributed by atoms with Crippen molar-refractivity contribution < 1.29 is 66.4 Å². The van der Waals surface area contributed by atoms with Gasteiger partial charge in [-0.05, 0) is 17.3 Å². The van der Waals surface area contributed by atoms with Gasteiger partial charge in [-0.15, -0.1) is 0 Å². The summed E-state index contributed by atoms with van der Waals surface area (Å²) in [7, 11) is 0. The van der Waals surface area contributed by atoms with Crippen LogP contribution in [-0.4, -0.2) is 176 Å². The van der Waals surface area contributed by atoms with Crippen molar-refractivity contribution in [2.45, 2.75) is 25.7 Å². The van der Waals surface area contributed by atoms with Gasteiger partial charge >= 0.3 is 5.97 Å². The third-order valence-corrected chi connectivity index (χ3v) is 6.67. The zero-order valence-corrected chi connectivity index (χ0v) is 31.2. The fraction of sp³-hybridized carbons (Fsp3) is 0.909. The first-order chi connectivity index (χ1) is 23.8. The molecule has 0 aliphatic heterocycles. The molecule has 0 saturated heterocycles. The van der Waals surface area contributed by atoms with Gasteiger partial charge in [-0.3, -0.25) is 0 Å².